The van der Waals surface area contributed by atoms with Crippen LogP contribution >= 0.6 is 11.6 Å². The van der Waals surface area contributed by atoms with Crippen molar-refractivity contribution in [1.29, 1.82) is 5.26 Å². The van der Waals surface area contributed by atoms with E-state index in [-0.39, 0.29) is 5.56 Å². The largest absolute Gasteiger partial charge is 0.494 e. The molecule has 0 saturated carbocycles. The minimum Gasteiger partial charge on any atom is -0.494 e. The van der Waals surface area contributed by atoms with E-state index in [0.29, 0.717) is 16.1 Å². The number of nitriles is 1. The number of benzene rings is 1. The summed E-state index contributed by atoms with van der Waals surface area (Å²) in [6.45, 7) is 0. The average molecular weight is 247 g/mol. The number of hydrogen-bond donors (Lipinski definition) is 2. The molecule has 0 aliphatic rings. The Labute approximate surface area is 102 Å². The average Bonchev–Trinajstić information content (AvgIpc) is 2.29. The van der Waals surface area contributed by atoms with E-state index in [4.69, 9.17) is 16.9 Å². The van der Waals surface area contributed by atoms with Crippen LogP contribution in [0.2, 0.25) is 5.02 Å². The van der Waals surface area contributed by atoms with Crippen molar-refractivity contribution >= 4 is 11.6 Å². The zero-order chi connectivity index (χ0) is 12.4. The van der Waals surface area contributed by atoms with Crippen LogP contribution in [0, 0.1) is 11.3 Å². The maximum atomic E-state index is 11.3. The van der Waals surface area contributed by atoms with Crippen LogP contribution in [0.4, 0.5) is 0 Å². The van der Waals surface area contributed by atoms with E-state index in [1.807, 2.05) is 6.07 Å². The van der Waals surface area contributed by atoms with Crippen molar-refractivity contribution in [2.45, 2.75) is 0 Å². The van der Waals surface area contributed by atoms with E-state index in [9.17, 15) is 9.90 Å². The number of aromatic amines is 1. The lowest BCUT2D eigenvalue weighted by Crippen LogP contribution is -2.05. The topological polar surface area (TPSA) is 76.9 Å². The third-order valence-electron chi connectivity index (χ3n) is 2.29. The second kappa shape index (κ2) is 4.32. The van der Waals surface area contributed by atoms with Gasteiger partial charge in [0.25, 0.3) is 5.56 Å². The Morgan fingerprint density at radius 1 is 1.29 bits per heavy atom. The number of nitrogens with one attached hydrogen (secondary N) is 1. The molecule has 0 fully saturated rings. The van der Waals surface area contributed by atoms with Crippen molar-refractivity contribution in [1.82, 2.24) is 4.98 Å². The zero-order valence-electron chi connectivity index (χ0n) is 8.57. The minimum atomic E-state index is -0.466. The first-order chi connectivity index (χ1) is 8.11. The highest BCUT2D eigenvalue weighted by Crippen LogP contribution is 2.27. The van der Waals surface area contributed by atoms with Gasteiger partial charge in [0.15, 0.2) is 0 Å². The van der Waals surface area contributed by atoms with Crippen LogP contribution in [0.1, 0.15) is 5.56 Å². The van der Waals surface area contributed by atoms with Gasteiger partial charge in [0.05, 0.1) is 0 Å². The van der Waals surface area contributed by atoms with Gasteiger partial charge in [0, 0.05) is 16.7 Å². The van der Waals surface area contributed by atoms with Crippen molar-refractivity contribution in [3.8, 4) is 23.1 Å². The van der Waals surface area contributed by atoms with Gasteiger partial charge in [-0.3, -0.25) is 9.78 Å². The van der Waals surface area contributed by atoms with Crippen LogP contribution < -0.4 is 5.56 Å². The number of H-pyrrole nitrogens is 1. The predicted molar refractivity (Wildman–Crippen MR) is 63.9 cm³/mol. The maximum absolute atomic E-state index is 11.3. The SMILES string of the molecule is N#Cc1c(-c2ccc(Cl)cc2)cc(=O)[nH]c1O. The van der Waals surface area contributed by atoms with Crippen LogP contribution in [-0.2, 0) is 0 Å². The highest BCUT2D eigenvalue weighted by molar-refractivity contribution is 6.30. The lowest BCUT2D eigenvalue weighted by Gasteiger charge is -2.05. The first kappa shape index (κ1) is 11.2. The molecule has 0 aliphatic carbocycles. The summed E-state index contributed by atoms with van der Waals surface area (Å²) >= 11 is 5.75. The third-order valence-corrected chi connectivity index (χ3v) is 2.54. The normalized spacial score (nSPS) is 9.88. The van der Waals surface area contributed by atoms with Gasteiger partial charge < -0.3 is 5.11 Å². The van der Waals surface area contributed by atoms with Crippen molar-refractivity contribution < 1.29 is 5.11 Å². The van der Waals surface area contributed by atoms with Gasteiger partial charge in [-0.1, -0.05) is 23.7 Å². The highest BCUT2D eigenvalue weighted by Gasteiger charge is 2.11. The van der Waals surface area contributed by atoms with Gasteiger partial charge in [0.2, 0.25) is 5.88 Å². The molecule has 5 heteroatoms. The number of nitrogens with zero attached hydrogens (tertiary/aromatic N) is 1. The second-order valence-corrected chi connectivity index (χ2v) is 3.83. The molecule has 2 rings (SSSR count). The molecule has 2 N–H and O–H groups in total. The Kier molecular flexibility index (Phi) is 2.86. The molecule has 1 aromatic carbocycles. The number of pyridine rings is 1. The standard InChI is InChI=1S/C12H7ClN2O2/c13-8-3-1-7(2-4-8)9-5-11(16)15-12(17)10(9)6-14/h1-5H,(H2,15,16,17). The summed E-state index contributed by atoms with van der Waals surface area (Å²) in [6.07, 6.45) is 0. The molecule has 0 unspecified atom stereocenters. The van der Waals surface area contributed by atoms with Gasteiger partial charge in [-0.25, -0.2) is 0 Å². The Morgan fingerprint density at radius 3 is 2.53 bits per heavy atom. The fourth-order valence-electron chi connectivity index (χ4n) is 1.52. The monoisotopic (exact) mass is 246 g/mol. The van der Waals surface area contributed by atoms with E-state index in [1.165, 1.54) is 6.07 Å². The van der Waals surface area contributed by atoms with Crippen molar-refractivity contribution in [2.24, 2.45) is 0 Å². The maximum Gasteiger partial charge on any atom is 0.251 e. The predicted octanol–water partition coefficient (Wildman–Crippen LogP) is 2.27. The molecule has 0 atom stereocenters. The molecule has 17 heavy (non-hydrogen) atoms. The van der Waals surface area contributed by atoms with E-state index in [2.05, 4.69) is 4.98 Å². The molecule has 0 spiro atoms. The van der Waals surface area contributed by atoms with E-state index in [1.54, 1.807) is 24.3 Å². The molecular formula is C12H7ClN2O2. The van der Waals surface area contributed by atoms with E-state index >= 15 is 0 Å². The zero-order valence-corrected chi connectivity index (χ0v) is 9.32. The third kappa shape index (κ3) is 2.14. The summed E-state index contributed by atoms with van der Waals surface area (Å²) in [6, 6.07) is 9.77. The summed E-state index contributed by atoms with van der Waals surface area (Å²) in [4.78, 5) is 13.4. The fraction of sp³-hybridized carbons (Fsp3) is 0. The second-order valence-electron chi connectivity index (χ2n) is 3.39. The van der Waals surface area contributed by atoms with Crippen molar-refractivity contribution in [2.75, 3.05) is 0 Å². The van der Waals surface area contributed by atoms with Crippen LogP contribution in [0.3, 0.4) is 0 Å². The number of rotatable bonds is 1. The number of hydrogen-bond acceptors (Lipinski definition) is 3. The summed E-state index contributed by atoms with van der Waals surface area (Å²) < 4.78 is 0. The van der Waals surface area contributed by atoms with Crippen molar-refractivity contribution in [3.63, 3.8) is 0 Å². The van der Waals surface area contributed by atoms with Crippen LogP contribution in [0.25, 0.3) is 11.1 Å². The van der Waals surface area contributed by atoms with Gasteiger partial charge in [-0.15, -0.1) is 0 Å². The number of aromatic nitrogens is 1. The molecule has 0 saturated heterocycles. The first-order valence-electron chi connectivity index (χ1n) is 4.74. The van der Waals surface area contributed by atoms with E-state index < -0.39 is 11.4 Å². The molecule has 1 aromatic heterocycles. The molecule has 0 aliphatic heterocycles. The molecule has 4 nitrogen and oxygen atoms in total. The van der Waals surface area contributed by atoms with E-state index in [0.717, 1.165) is 0 Å². The van der Waals surface area contributed by atoms with Crippen LogP contribution in [0.15, 0.2) is 35.1 Å². The van der Waals surface area contributed by atoms with Gasteiger partial charge >= 0.3 is 0 Å². The molecule has 0 amide bonds. The Hall–Kier alpha value is -2.25. The summed E-state index contributed by atoms with van der Waals surface area (Å²) in [5.41, 5.74) is 0.594. The lowest BCUT2D eigenvalue weighted by atomic mass is 10.0. The van der Waals surface area contributed by atoms with Crippen LogP contribution in [-0.4, -0.2) is 10.1 Å². The molecule has 0 bridgehead atoms. The fourth-order valence-corrected chi connectivity index (χ4v) is 1.64. The summed E-state index contributed by atoms with van der Waals surface area (Å²) in [7, 11) is 0. The lowest BCUT2D eigenvalue weighted by molar-refractivity contribution is 0.450. The Morgan fingerprint density at radius 2 is 1.94 bits per heavy atom. The summed E-state index contributed by atoms with van der Waals surface area (Å²) in [5, 5.41) is 19.0. The quantitative estimate of drug-likeness (QED) is 0.810. The van der Waals surface area contributed by atoms with Crippen LogP contribution in [0.5, 0.6) is 5.88 Å². The van der Waals surface area contributed by atoms with Gasteiger partial charge in [-0.05, 0) is 17.7 Å². The Balaban J connectivity index is 2.71. The van der Waals surface area contributed by atoms with Gasteiger partial charge in [0.1, 0.15) is 11.6 Å². The van der Waals surface area contributed by atoms with Gasteiger partial charge in [-0.2, -0.15) is 5.26 Å². The molecule has 84 valence electrons. The first-order valence-corrected chi connectivity index (χ1v) is 5.12. The molecular weight excluding hydrogens is 240 g/mol. The molecule has 2 aromatic rings. The minimum absolute atomic E-state index is 0.0342. The highest BCUT2D eigenvalue weighted by atomic mass is 35.5. The Bertz CT molecular complexity index is 654. The smallest absolute Gasteiger partial charge is 0.251 e. The molecule has 0 radical (unpaired) electrons. The molecule has 1 heterocycles. The summed E-state index contributed by atoms with van der Waals surface area (Å²) in [5.74, 6) is -0.426. The van der Waals surface area contributed by atoms with Crippen molar-refractivity contribution in [3.05, 3.63) is 51.3 Å². The number of halogens is 1. The number of aromatic hydroxyl groups is 1.